The van der Waals surface area contributed by atoms with E-state index < -0.39 is 10.0 Å². The number of hydrogen-bond donors (Lipinski definition) is 1. The van der Waals surface area contributed by atoms with Gasteiger partial charge in [0.2, 0.25) is 10.0 Å². The summed E-state index contributed by atoms with van der Waals surface area (Å²) in [5.74, 6) is 0. The lowest BCUT2D eigenvalue weighted by Gasteiger charge is -2.19. The lowest BCUT2D eigenvalue weighted by Crippen LogP contribution is -2.32. The molecular formula is C12H24N4O2S. The van der Waals surface area contributed by atoms with Gasteiger partial charge in [-0.2, -0.15) is 9.40 Å². The zero-order chi connectivity index (χ0) is 14.6. The number of nitrogens with zero attached hydrogens (tertiary/aromatic N) is 3. The zero-order valence-electron chi connectivity index (χ0n) is 12.3. The molecule has 0 radical (unpaired) electrons. The predicted molar refractivity (Wildman–Crippen MR) is 75.5 cm³/mol. The number of sulfonamides is 1. The van der Waals surface area contributed by atoms with Crippen LogP contribution in [0.4, 0.5) is 0 Å². The summed E-state index contributed by atoms with van der Waals surface area (Å²) in [6.07, 6.45) is 2.99. The van der Waals surface area contributed by atoms with E-state index in [-0.39, 0.29) is 10.9 Å². The second kappa shape index (κ2) is 6.49. The first-order valence-electron chi connectivity index (χ1n) is 6.49. The van der Waals surface area contributed by atoms with Crippen LogP contribution in [0.5, 0.6) is 0 Å². The van der Waals surface area contributed by atoms with Crippen LogP contribution >= 0.6 is 0 Å². The van der Waals surface area contributed by atoms with Gasteiger partial charge < -0.3 is 5.32 Å². The number of rotatable bonds is 7. The largest absolute Gasteiger partial charge is 0.313 e. The second-order valence-corrected chi connectivity index (χ2v) is 7.16. The highest BCUT2D eigenvalue weighted by molar-refractivity contribution is 7.89. The lowest BCUT2D eigenvalue weighted by molar-refractivity contribution is 0.410. The molecule has 0 aliphatic heterocycles. The monoisotopic (exact) mass is 288 g/mol. The summed E-state index contributed by atoms with van der Waals surface area (Å²) >= 11 is 0. The standard InChI is InChI=1S/C12H24N4O2S/c1-10(2)13-6-7-16-9-12(8-14-16)19(17,18)15(5)11(3)4/h8-11,13H,6-7H2,1-5H3. The van der Waals surface area contributed by atoms with Gasteiger partial charge in [0.25, 0.3) is 0 Å². The predicted octanol–water partition coefficient (Wildman–Crippen LogP) is 0.910. The Hall–Kier alpha value is -0.920. The van der Waals surface area contributed by atoms with Crippen molar-refractivity contribution in [1.29, 1.82) is 0 Å². The molecule has 0 aliphatic rings. The highest BCUT2D eigenvalue weighted by Gasteiger charge is 2.24. The average molecular weight is 288 g/mol. The Bertz CT molecular complexity index is 494. The Morgan fingerprint density at radius 3 is 2.53 bits per heavy atom. The molecule has 1 heterocycles. The minimum absolute atomic E-state index is 0.0732. The smallest absolute Gasteiger partial charge is 0.246 e. The van der Waals surface area contributed by atoms with Crippen LogP contribution in [0.1, 0.15) is 27.7 Å². The van der Waals surface area contributed by atoms with Crippen molar-refractivity contribution in [2.45, 2.75) is 51.2 Å². The molecule has 6 nitrogen and oxygen atoms in total. The molecule has 0 unspecified atom stereocenters. The van der Waals surface area contributed by atoms with E-state index in [1.165, 1.54) is 10.5 Å². The van der Waals surface area contributed by atoms with Gasteiger partial charge in [0.05, 0.1) is 12.7 Å². The molecule has 0 saturated heterocycles. The van der Waals surface area contributed by atoms with Crippen molar-refractivity contribution < 1.29 is 8.42 Å². The summed E-state index contributed by atoms with van der Waals surface area (Å²) in [5, 5.41) is 7.35. The molecule has 0 aliphatic carbocycles. The van der Waals surface area contributed by atoms with Crippen molar-refractivity contribution in [2.24, 2.45) is 0 Å². The molecule has 7 heteroatoms. The van der Waals surface area contributed by atoms with E-state index in [9.17, 15) is 8.42 Å². The highest BCUT2D eigenvalue weighted by Crippen LogP contribution is 2.15. The highest BCUT2D eigenvalue weighted by atomic mass is 32.2. The van der Waals surface area contributed by atoms with Crippen molar-refractivity contribution >= 4 is 10.0 Å². The molecule has 110 valence electrons. The molecule has 1 aromatic heterocycles. The van der Waals surface area contributed by atoms with E-state index in [1.807, 2.05) is 13.8 Å². The van der Waals surface area contributed by atoms with E-state index >= 15 is 0 Å². The van der Waals surface area contributed by atoms with Gasteiger partial charge in [-0.1, -0.05) is 13.8 Å². The summed E-state index contributed by atoms with van der Waals surface area (Å²) < 4.78 is 27.4. The summed E-state index contributed by atoms with van der Waals surface area (Å²) in [4.78, 5) is 0.244. The molecule has 1 N–H and O–H groups in total. The number of aromatic nitrogens is 2. The fourth-order valence-corrected chi connectivity index (χ4v) is 2.83. The number of hydrogen-bond acceptors (Lipinski definition) is 4. The Balaban J connectivity index is 2.74. The molecule has 0 fully saturated rings. The molecule has 1 rings (SSSR count). The third kappa shape index (κ3) is 4.29. The third-order valence-electron chi connectivity index (χ3n) is 2.91. The fraction of sp³-hybridized carbons (Fsp3) is 0.750. The van der Waals surface area contributed by atoms with Gasteiger partial charge in [0.1, 0.15) is 4.90 Å². The van der Waals surface area contributed by atoms with Gasteiger partial charge in [-0.05, 0) is 13.8 Å². The molecule has 1 aromatic rings. The van der Waals surface area contributed by atoms with Gasteiger partial charge in [0, 0.05) is 31.9 Å². The van der Waals surface area contributed by atoms with Crippen LogP contribution < -0.4 is 5.32 Å². The first-order valence-corrected chi connectivity index (χ1v) is 7.93. The Morgan fingerprint density at radius 1 is 1.37 bits per heavy atom. The van der Waals surface area contributed by atoms with Crippen LogP contribution in [0.3, 0.4) is 0 Å². The van der Waals surface area contributed by atoms with Crippen molar-refractivity contribution in [1.82, 2.24) is 19.4 Å². The minimum Gasteiger partial charge on any atom is -0.313 e. The van der Waals surface area contributed by atoms with Gasteiger partial charge in [-0.15, -0.1) is 0 Å². The van der Waals surface area contributed by atoms with Gasteiger partial charge in [0.15, 0.2) is 0 Å². The van der Waals surface area contributed by atoms with Crippen LogP contribution in [0.2, 0.25) is 0 Å². The van der Waals surface area contributed by atoms with E-state index in [2.05, 4.69) is 24.3 Å². The van der Waals surface area contributed by atoms with Crippen molar-refractivity contribution in [3.8, 4) is 0 Å². The minimum atomic E-state index is -3.43. The first-order chi connectivity index (χ1) is 8.75. The fourth-order valence-electron chi connectivity index (χ4n) is 1.51. The SMILES string of the molecule is CC(C)NCCn1cc(S(=O)(=O)N(C)C(C)C)cn1. The Labute approximate surface area is 115 Å². The third-order valence-corrected chi connectivity index (χ3v) is 4.89. The average Bonchev–Trinajstić information content (AvgIpc) is 2.76. The first kappa shape index (κ1) is 16.1. The van der Waals surface area contributed by atoms with E-state index in [0.29, 0.717) is 12.6 Å². The van der Waals surface area contributed by atoms with Gasteiger partial charge >= 0.3 is 0 Å². The Morgan fingerprint density at radius 2 is 2.00 bits per heavy atom. The Kier molecular flexibility index (Phi) is 5.51. The molecule has 0 spiro atoms. The molecule has 19 heavy (non-hydrogen) atoms. The zero-order valence-corrected chi connectivity index (χ0v) is 13.1. The van der Waals surface area contributed by atoms with E-state index in [0.717, 1.165) is 6.54 Å². The molecule has 0 atom stereocenters. The summed E-state index contributed by atoms with van der Waals surface area (Å²) in [6, 6.07) is 0.335. The molecule has 0 aromatic carbocycles. The summed E-state index contributed by atoms with van der Waals surface area (Å²) in [7, 11) is -1.85. The normalized spacial score (nSPS) is 12.8. The van der Waals surface area contributed by atoms with Gasteiger partial charge in [-0.3, -0.25) is 4.68 Å². The molecule has 0 amide bonds. The van der Waals surface area contributed by atoms with Crippen LogP contribution in [0.15, 0.2) is 17.3 Å². The number of nitrogens with one attached hydrogen (secondary N) is 1. The quantitative estimate of drug-likeness (QED) is 0.810. The van der Waals surface area contributed by atoms with Gasteiger partial charge in [-0.25, -0.2) is 8.42 Å². The van der Waals surface area contributed by atoms with Crippen molar-refractivity contribution in [2.75, 3.05) is 13.6 Å². The maximum absolute atomic E-state index is 12.2. The van der Waals surface area contributed by atoms with Crippen molar-refractivity contribution in [3.05, 3.63) is 12.4 Å². The van der Waals surface area contributed by atoms with E-state index in [4.69, 9.17) is 0 Å². The van der Waals surface area contributed by atoms with Crippen LogP contribution in [0, 0.1) is 0 Å². The molecule has 0 saturated carbocycles. The maximum atomic E-state index is 12.2. The van der Waals surface area contributed by atoms with Crippen molar-refractivity contribution in [3.63, 3.8) is 0 Å². The van der Waals surface area contributed by atoms with Crippen LogP contribution in [-0.2, 0) is 16.6 Å². The topological polar surface area (TPSA) is 67.2 Å². The van der Waals surface area contributed by atoms with E-state index in [1.54, 1.807) is 17.9 Å². The lowest BCUT2D eigenvalue weighted by atomic mass is 10.4. The van der Waals surface area contributed by atoms with Crippen LogP contribution in [0.25, 0.3) is 0 Å². The summed E-state index contributed by atoms with van der Waals surface area (Å²) in [5.41, 5.74) is 0. The second-order valence-electron chi connectivity index (χ2n) is 5.16. The van der Waals surface area contributed by atoms with Crippen LogP contribution in [-0.4, -0.2) is 48.2 Å². The molecular weight excluding hydrogens is 264 g/mol. The molecule has 0 bridgehead atoms. The maximum Gasteiger partial charge on any atom is 0.246 e. The summed E-state index contributed by atoms with van der Waals surface area (Å²) in [6.45, 7) is 9.23.